The first-order valence-electron chi connectivity index (χ1n) is 10.5. The molecule has 3 aromatic rings. The highest BCUT2D eigenvalue weighted by molar-refractivity contribution is 7.89. The van der Waals surface area contributed by atoms with Crippen molar-refractivity contribution in [3.05, 3.63) is 30.5 Å². The monoisotopic (exact) mass is 459 g/mol. The average molecular weight is 460 g/mol. The molecule has 0 atom stereocenters. The molecule has 5 rings (SSSR count). The maximum Gasteiger partial charge on any atom is 0.243 e. The molecule has 2 saturated heterocycles. The minimum atomic E-state index is -3.64. The Bertz CT molecular complexity index is 1220. The topological polar surface area (TPSA) is 110 Å². The molecule has 0 amide bonds. The first kappa shape index (κ1) is 21.1. The minimum absolute atomic E-state index is 0.218. The number of morpholine rings is 2. The number of rotatable bonds is 5. The van der Waals surface area contributed by atoms with E-state index >= 15 is 0 Å². The molecule has 2 aliphatic heterocycles. The summed E-state index contributed by atoms with van der Waals surface area (Å²) in [5, 5.41) is 8.30. The van der Waals surface area contributed by atoms with Crippen LogP contribution >= 0.6 is 0 Å². The number of sulfonamides is 1. The molecule has 0 bridgehead atoms. The van der Waals surface area contributed by atoms with Crippen LogP contribution in [-0.4, -0.2) is 87.6 Å². The van der Waals surface area contributed by atoms with E-state index in [1.807, 2.05) is 6.07 Å². The zero-order valence-electron chi connectivity index (χ0n) is 17.8. The summed E-state index contributed by atoms with van der Waals surface area (Å²) in [7, 11) is -2.07. The number of nitrogens with one attached hydrogen (secondary N) is 1. The number of ether oxygens (including phenoxy) is 3. The molecular formula is C21H25N5O5S. The van der Waals surface area contributed by atoms with Crippen LogP contribution in [-0.2, 0) is 19.5 Å². The van der Waals surface area contributed by atoms with Gasteiger partial charge in [-0.05, 0) is 24.3 Å². The number of hydrogen-bond acceptors (Lipinski definition) is 8. The number of fused-ring (bicyclic) bond motifs is 1. The van der Waals surface area contributed by atoms with Crippen LogP contribution in [0.5, 0.6) is 5.75 Å². The summed E-state index contributed by atoms with van der Waals surface area (Å²) >= 11 is 0. The maximum atomic E-state index is 13.2. The number of benzene rings is 1. The Morgan fingerprint density at radius 2 is 1.75 bits per heavy atom. The van der Waals surface area contributed by atoms with Crippen molar-refractivity contribution in [2.45, 2.75) is 4.90 Å². The second kappa shape index (κ2) is 8.66. The summed E-state index contributed by atoms with van der Waals surface area (Å²) in [6.07, 6.45) is 1.70. The van der Waals surface area contributed by atoms with Crippen LogP contribution in [0.2, 0.25) is 0 Å². The number of nitrogens with zero attached hydrogens (tertiary/aromatic N) is 4. The predicted octanol–water partition coefficient (Wildman–Crippen LogP) is 1.49. The largest absolute Gasteiger partial charge is 0.496 e. The van der Waals surface area contributed by atoms with Crippen molar-refractivity contribution in [2.24, 2.45) is 0 Å². The summed E-state index contributed by atoms with van der Waals surface area (Å²) in [5.41, 5.74) is 2.08. The Hall–Kier alpha value is -2.73. The van der Waals surface area contributed by atoms with Crippen LogP contribution in [0, 0.1) is 0 Å². The Morgan fingerprint density at radius 1 is 1.03 bits per heavy atom. The van der Waals surface area contributed by atoms with Crippen LogP contribution in [0.1, 0.15) is 0 Å². The molecule has 170 valence electrons. The van der Waals surface area contributed by atoms with Gasteiger partial charge < -0.3 is 19.1 Å². The maximum absolute atomic E-state index is 13.2. The number of aromatic nitrogens is 3. The van der Waals surface area contributed by atoms with E-state index in [4.69, 9.17) is 14.2 Å². The summed E-state index contributed by atoms with van der Waals surface area (Å²) in [4.78, 5) is 6.90. The van der Waals surface area contributed by atoms with Crippen molar-refractivity contribution in [1.29, 1.82) is 0 Å². The highest BCUT2D eigenvalue weighted by Gasteiger charge is 2.27. The highest BCUT2D eigenvalue weighted by atomic mass is 32.2. The van der Waals surface area contributed by atoms with Crippen molar-refractivity contribution in [2.75, 3.05) is 64.6 Å². The molecule has 4 heterocycles. The number of methoxy groups -OCH3 is 1. The van der Waals surface area contributed by atoms with Crippen molar-refractivity contribution in [1.82, 2.24) is 19.5 Å². The van der Waals surface area contributed by atoms with Gasteiger partial charge in [0.15, 0.2) is 11.5 Å². The Balaban J connectivity index is 1.56. The van der Waals surface area contributed by atoms with E-state index in [2.05, 4.69) is 20.1 Å². The van der Waals surface area contributed by atoms with E-state index < -0.39 is 10.0 Å². The Kier molecular flexibility index (Phi) is 5.72. The lowest BCUT2D eigenvalue weighted by atomic mass is 10.1. The van der Waals surface area contributed by atoms with E-state index in [-0.39, 0.29) is 4.90 Å². The molecule has 10 nitrogen and oxygen atoms in total. The third kappa shape index (κ3) is 3.81. The number of anilines is 1. The Morgan fingerprint density at radius 3 is 2.47 bits per heavy atom. The van der Waals surface area contributed by atoms with Gasteiger partial charge in [0.2, 0.25) is 10.0 Å². The van der Waals surface area contributed by atoms with Crippen LogP contribution in [0.15, 0.2) is 35.4 Å². The van der Waals surface area contributed by atoms with Gasteiger partial charge in [-0.15, -0.1) is 0 Å². The normalized spacial score (nSPS) is 18.2. The fourth-order valence-corrected chi connectivity index (χ4v) is 5.50. The quantitative estimate of drug-likeness (QED) is 0.611. The van der Waals surface area contributed by atoms with Gasteiger partial charge in [0.1, 0.15) is 5.75 Å². The molecule has 0 saturated carbocycles. The molecule has 0 radical (unpaired) electrons. The second-order valence-corrected chi connectivity index (χ2v) is 9.58. The predicted molar refractivity (Wildman–Crippen MR) is 118 cm³/mol. The fourth-order valence-electron chi connectivity index (χ4n) is 4.06. The lowest BCUT2D eigenvalue weighted by molar-refractivity contribution is 0.0730. The molecule has 2 fully saturated rings. The first-order valence-corrected chi connectivity index (χ1v) is 11.9. The number of pyridine rings is 1. The van der Waals surface area contributed by atoms with E-state index in [1.54, 1.807) is 31.5 Å². The molecule has 32 heavy (non-hydrogen) atoms. The standard InChI is InChI=1S/C21H25N5O5S/c1-29-19-3-2-16(32(27,28)26-6-10-31-11-7-26)13-17(19)15-12-18-20(22-14-15)23-24-21(18)25-4-8-30-9-5-25/h2-3,12-14H,4-11H2,1H3,(H,22,23,24). The second-order valence-electron chi connectivity index (χ2n) is 7.65. The molecule has 2 aromatic heterocycles. The fraction of sp³-hybridized carbons (Fsp3) is 0.429. The van der Waals surface area contributed by atoms with Crippen LogP contribution in [0.25, 0.3) is 22.2 Å². The lowest BCUT2D eigenvalue weighted by Gasteiger charge is -2.27. The molecule has 11 heteroatoms. The highest BCUT2D eigenvalue weighted by Crippen LogP contribution is 2.35. The van der Waals surface area contributed by atoms with Gasteiger partial charge in [0, 0.05) is 43.5 Å². The molecule has 0 aliphatic carbocycles. The lowest BCUT2D eigenvalue weighted by Crippen LogP contribution is -2.40. The van der Waals surface area contributed by atoms with E-state index in [0.717, 1.165) is 29.9 Å². The van der Waals surface area contributed by atoms with E-state index in [1.165, 1.54) is 4.31 Å². The average Bonchev–Trinajstić information content (AvgIpc) is 3.28. The number of aromatic amines is 1. The SMILES string of the molecule is COc1ccc(S(=O)(=O)N2CCOCC2)cc1-c1cnc2[nH]nc(N3CCOCC3)c2c1. The van der Waals surface area contributed by atoms with Gasteiger partial charge in [-0.3, -0.25) is 5.10 Å². The van der Waals surface area contributed by atoms with Gasteiger partial charge >= 0.3 is 0 Å². The van der Waals surface area contributed by atoms with E-state index in [9.17, 15) is 8.42 Å². The molecule has 1 N–H and O–H groups in total. The summed E-state index contributed by atoms with van der Waals surface area (Å²) in [5.74, 6) is 1.39. The zero-order valence-corrected chi connectivity index (χ0v) is 18.6. The molecule has 0 unspecified atom stereocenters. The first-order chi connectivity index (χ1) is 15.6. The summed E-state index contributed by atoms with van der Waals surface area (Å²) in [6, 6.07) is 6.89. The molecule has 2 aliphatic rings. The number of H-pyrrole nitrogens is 1. The van der Waals surface area contributed by atoms with Gasteiger partial charge in [-0.25, -0.2) is 13.4 Å². The number of hydrogen-bond donors (Lipinski definition) is 1. The molecular weight excluding hydrogens is 434 g/mol. The van der Waals surface area contributed by atoms with Crippen LogP contribution in [0.4, 0.5) is 5.82 Å². The van der Waals surface area contributed by atoms with Crippen molar-refractivity contribution in [3.8, 4) is 16.9 Å². The Labute approximate surface area is 186 Å². The smallest absolute Gasteiger partial charge is 0.243 e. The van der Waals surface area contributed by atoms with Gasteiger partial charge in [-0.2, -0.15) is 9.40 Å². The van der Waals surface area contributed by atoms with Gasteiger partial charge in [-0.1, -0.05) is 0 Å². The van der Waals surface area contributed by atoms with Crippen molar-refractivity contribution < 1.29 is 22.6 Å². The van der Waals surface area contributed by atoms with Crippen molar-refractivity contribution >= 4 is 26.9 Å². The van der Waals surface area contributed by atoms with Gasteiger partial charge in [0.05, 0.1) is 43.8 Å². The summed E-state index contributed by atoms with van der Waals surface area (Å²) < 4.78 is 44.1. The zero-order chi connectivity index (χ0) is 22.1. The summed E-state index contributed by atoms with van der Waals surface area (Å²) in [6.45, 7) is 4.28. The third-order valence-corrected chi connectivity index (χ3v) is 7.69. The van der Waals surface area contributed by atoms with Gasteiger partial charge in [0.25, 0.3) is 0 Å². The van der Waals surface area contributed by atoms with E-state index in [0.29, 0.717) is 56.5 Å². The van der Waals surface area contributed by atoms with Crippen LogP contribution in [0.3, 0.4) is 0 Å². The molecule has 1 aromatic carbocycles. The minimum Gasteiger partial charge on any atom is -0.496 e. The van der Waals surface area contributed by atoms with Crippen molar-refractivity contribution in [3.63, 3.8) is 0 Å². The van der Waals surface area contributed by atoms with Crippen LogP contribution < -0.4 is 9.64 Å². The molecule has 0 spiro atoms. The third-order valence-electron chi connectivity index (χ3n) is 5.80.